The third-order valence-corrected chi connectivity index (χ3v) is 5.35. The molecule has 3 nitrogen and oxygen atoms in total. The summed E-state index contributed by atoms with van der Waals surface area (Å²) in [4.78, 5) is 2.59. The summed E-state index contributed by atoms with van der Waals surface area (Å²) in [5.41, 5.74) is -0.254. The molecule has 108 valence electrons. The number of nitrogens with one attached hydrogen (secondary N) is 1. The first-order chi connectivity index (χ1) is 9.10. The van der Waals surface area contributed by atoms with Gasteiger partial charge in [-0.25, -0.2) is 0 Å². The van der Waals surface area contributed by atoms with Crippen LogP contribution in [0.5, 0.6) is 0 Å². The van der Waals surface area contributed by atoms with Crippen molar-refractivity contribution in [1.29, 1.82) is 5.26 Å². The fraction of sp³-hybridized carbons (Fsp3) is 0.938. The van der Waals surface area contributed by atoms with Gasteiger partial charge in [-0.15, -0.1) is 0 Å². The molecular weight excluding hydrogens is 234 g/mol. The van der Waals surface area contributed by atoms with Crippen molar-refractivity contribution in [2.75, 3.05) is 13.6 Å². The lowest BCUT2D eigenvalue weighted by Crippen LogP contribution is -2.45. The SMILES string of the molecule is CCNC1(C#N)CCC(N(C)C2CCC(C)CC2)C1. The molecular formula is C16H29N3. The van der Waals surface area contributed by atoms with E-state index in [9.17, 15) is 5.26 Å². The van der Waals surface area contributed by atoms with E-state index in [1.807, 2.05) is 0 Å². The Kier molecular flexibility index (Phi) is 4.86. The predicted octanol–water partition coefficient (Wildman–Crippen LogP) is 2.92. The molecule has 0 saturated heterocycles. The molecule has 2 fully saturated rings. The van der Waals surface area contributed by atoms with Crippen LogP contribution in [0.15, 0.2) is 0 Å². The van der Waals surface area contributed by atoms with E-state index in [-0.39, 0.29) is 5.54 Å². The summed E-state index contributed by atoms with van der Waals surface area (Å²) < 4.78 is 0. The van der Waals surface area contributed by atoms with E-state index in [4.69, 9.17) is 0 Å². The van der Waals surface area contributed by atoms with Gasteiger partial charge in [-0.3, -0.25) is 5.32 Å². The van der Waals surface area contributed by atoms with Crippen molar-refractivity contribution in [3.05, 3.63) is 0 Å². The van der Waals surface area contributed by atoms with Gasteiger partial charge in [-0.05, 0) is 64.5 Å². The molecule has 0 bridgehead atoms. The summed E-state index contributed by atoms with van der Waals surface area (Å²) in [6.45, 7) is 5.36. The van der Waals surface area contributed by atoms with Crippen LogP contribution in [0.4, 0.5) is 0 Å². The van der Waals surface area contributed by atoms with Crippen molar-refractivity contribution in [3.8, 4) is 6.07 Å². The average Bonchev–Trinajstić information content (AvgIpc) is 2.84. The number of nitrogens with zero attached hydrogens (tertiary/aromatic N) is 2. The highest BCUT2D eigenvalue weighted by atomic mass is 15.2. The Morgan fingerprint density at radius 2 is 1.89 bits per heavy atom. The van der Waals surface area contributed by atoms with Crippen LogP contribution in [0, 0.1) is 17.2 Å². The largest absolute Gasteiger partial charge is 0.300 e. The maximum absolute atomic E-state index is 9.46. The molecule has 0 amide bonds. The Balaban J connectivity index is 1.91. The Labute approximate surface area is 118 Å². The van der Waals surface area contributed by atoms with E-state index in [1.165, 1.54) is 32.1 Å². The van der Waals surface area contributed by atoms with Crippen molar-refractivity contribution >= 4 is 0 Å². The highest BCUT2D eigenvalue weighted by Crippen LogP contribution is 2.36. The zero-order valence-corrected chi connectivity index (χ0v) is 12.8. The quantitative estimate of drug-likeness (QED) is 0.847. The molecule has 2 unspecified atom stereocenters. The zero-order chi connectivity index (χ0) is 13.9. The van der Waals surface area contributed by atoms with Gasteiger partial charge < -0.3 is 4.90 Å². The third kappa shape index (κ3) is 3.30. The van der Waals surface area contributed by atoms with E-state index in [0.29, 0.717) is 6.04 Å². The summed E-state index contributed by atoms with van der Waals surface area (Å²) in [6, 6.07) is 3.88. The lowest BCUT2D eigenvalue weighted by atomic mass is 9.86. The summed E-state index contributed by atoms with van der Waals surface area (Å²) >= 11 is 0. The molecule has 0 spiro atoms. The second-order valence-corrected chi connectivity index (χ2v) is 6.70. The Hall–Kier alpha value is -0.590. The van der Waals surface area contributed by atoms with Gasteiger partial charge in [-0.1, -0.05) is 13.8 Å². The van der Waals surface area contributed by atoms with E-state index >= 15 is 0 Å². The monoisotopic (exact) mass is 263 g/mol. The topological polar surface area (TPSA) is 39.1 Å². The molecule has 19 heavy (non-hydrogen) atoms. The predicted molar refractivity (Wildman–Crippen MR) is 78.8 cm³/mol. The molecule has 1 N–H and O–H groups in total. The molecule has 2 rings (SSSR count). The highest BCUT2D eigenvalue weighted by Gasteiger charge is 2.41. The standard InChI is InChI=1S/C16H29N3/c1-4-18-16(12-17)10-9-15(11-16)19(3)14-7-5-13(2)6-8-14/h13-15,18H,4-11H2,1-3H3. The smallest absolute Gasteiger partial charge is 0.108 e. The van der Waals surface area contributed by atoms with Crippen LogP contribution in [0.25, 0.3) is 0 Å². The Morgan fingerprint density at radius 1 is 1.21 bits per heavy atom. The number of hydrogen-bond acceptors (Lipinski definition) is 3. The molecule has 0 aromatic carbocycles. The van der Waals surface area contributed by atoms with Crippen LogP contribution >= 0.6 is 0 Å². The number of hydrogen-bond donors (Lipinski definition) is 1. The maximum atomic E-state index is 9.46. The highest BCUT2D eigenvalue weighted by molar-refractivity contribution is 5.13. The lowest BCUT2D eigenvalue weighted by Gasteiger charge is -2.37. The number of rotatable bonds is 4. The molecule has 0 aromatic rings. The molecule has 0 heterocycles. The summed E-state index contributed by atoms with van der Waals surface area (Å²) in [5, 5.41) is 12.9. The third-order valence-electron chi connectivity index (χ3n) is 5.35. The van der Waals surface area contributed by atoms with Gasteiger partial charge in [0.05, 0.1) is 6.07 Å². The van der Waals surface area contributed by atoms with E-state index < -0.39 is 0 Å². The van der Waals surface area contributed by atoms with Crippen LogP contribution in [0.2, 0.25) is 0 Å². The van der Waals surface area contributed by atoms with Crippen molar-refractivity contribution in [2.45, 2.75) is 76.4 Å². The molecule has 2 aliphatic carbocycles. The van der Waals surface area contributed by atoms with Crippen LogP contribution in [0.3, 0.4) is 0 Å². The van der Waals surface area contributed by atoms with Crippen LogP contribution in [-0.2, 0) is 0 Å². The van der Waals surface area contributed by atoms with Crippen LogP contribution in [-0.4, -0.2) is 36.1 Å². The van der Waals surface area contributed by atoms with Crippen molar-refractivity contribution in [1.82, 2.24) is 10.2 Å². The van der Waals surface area contributed by atoms with Crippen molar-refractivity contribution in [3.63, 3.8) is 0 Å². The van der Waals surface area contributed by atoms with Gasteiger partial charge in [0.15, 0.2) is 0 Å². The van der Waals surface area contributed by atoms with E-state index in [1.54, 1.807) is 0 Å². The molecule has 3 heteroatoms. The van der Waals surface area contributed by atoms with Gasteiger partial charge in [0.2, 0.25) is 0 Å². The van der Waals surface area contributed by atoms with E-state index in [2.05, 4.69) is 37.2 Å². The van der Waals surface area contributed by atoms with Gasteiger partial charge in [0.1, 0.15) is 5.54 Å². The minimum atomic E-state index is -0.254. The van der Waals surface area contributed by atoms with Gasteiger partial charge in [-0.2, -0.15) is 5.26 Å². The molecule has 2 aliphatic rings. The first kappa shape index (κ1) is 14.8. The molecule has 0 aliphatic heterocycles. The van der Waals surface area contributed by atoms with Crippen LogP contribution in [0.1, 0.15) is 58.8 Å². The van der Waals surface area contributed by atoms with E-state index in [0.717, 1.165) is 31.3 Å². The fourth-order valence-corrected chi connectivity index (χ4v) is 3.95. The lowest BCUT2D eigenvalue weighted by molar-refractivity contribution is 0.122. The van der Waals surface area contributed by atoms with Crippen molar-refractivity contribution in [2.24, 2.45) is 5.92 Å². The fourth-order valence-electron chi connectivity index (χ4n) is 3.95. The molecule has 2 saturated carbocycles. The summed E-state index contributed by atoms with van der Waals surface area (Å²) in [5.74, 6) is 0.910. The average molecular weight is 263 g/mol. The second-order valence-electron chi connectivity index (χ2n) is 6.70. The minimum absolute atomic E-state index is 0.254. The summed E-state index contributed by atoms with van der Waals surface area (Å²) in [6.07, 6.45) is 8.61. The first-order valence-electron chi connectivity index (χ1n) is 7.98. The Morgan fingerprint density at radius 3 is 2.47 bits per heavy atom. The van der Waals surface area contributed by atoms with Crippen molar-refractivity contribution < 1.29 is 0 Å². The normalized spacial score (nSPS) is 39.4. The zero-order valence-electron chi connectivity index (χ0n) is 12.8. The maximum Gasteiger partial charge on any atom is 0.108 e. The minimum Gasteiger partial charge on any atom is -0.300 e. The van der Waals surface area contributed by atoms with Gasteiger partial charge in [0.25, 0.3) is 0 Å². The first-order valence-corrected chi connectivity index (χ1v) is 7.98. The summed E-state index contributed by atoms with van der Waals surface area (Å²) in [7, 11) is 2.28. The molecule has 0 aromatic heterocycles. The molecule has 0 radical (unpaired) electrons. The Bertz CT molecular complexity index is 327. The second kappa shape index (κ2) is 6.24. The van der Waals surface area contributed by atoms with Gasteiger partial charge in [0, 0.05) is 12.1 Å². The molecule has 2 atom stereocenters. The van der Waals surface area contributed by atoms with Gasteiger partial charge >= 0.3 is 0 Å². The number of nitriles is 1. The van der Waals surface area contributed by atoms with Crippen LogP contribution < -0.4 is 5.32 Å².